The molecule has 37 heavy (non-hydrogen) atoms. The lowest BCUT2D eigenvalue weighted by molar-refractivity contribution is -0.385. The minimum Gasteiger partial charge on any atom is -0.272 e. The van der Waals surface area contributed by atoms with E-state index in [1.165, 1.54) is 17.2 Å². The summed E-state index contributed by atoms with van der Waals surface area (Å²) in [7, 11) is 0. The Morgan fingerprint density at radius 1 is 1.22 bits per heavy atom. The predicted octanol–water partition coefficient (Wildman–Crippen LogP) is 4.79. The number of carbonyl (C=O) groups excluding carboxylic acids is 1. The van der Waals surface area contributed by atoms with Crippen LogP contribution in [0.4, 0.5) is 5.69 Å². The molecule has 0 aliphatic heterocycles. The molecule has 0 unspecified atom stereocenters. The van der Waals surface area contributed by atoms with Gasteiger partial charge in [0.25, 0.3) is 17.2 Å². The molecule has 0 bridgehead atoms. The fourth-order valence-electron chi connectivity index (χ4n) is 4.30. The quantitative estimate of drug-likeness (QED) is 0.120. The van der Waals surface area contributed by atoms with Crippen molar-refractivity contribution in [2.75, 3.05) is 5.75 Å². The molecule has 2 aromatic heterocycles. The van der Waals surface area contributed by atoms with Crippen LogP contribution in [0.2, 0.25) is 0 Å². The van der Waals surface area contributed by atoms with Gasteiger partial charge in [-0.15, -0.1) is 11.3 Å². The summed E-state index contributed by atoms with van der Waals surface area (Å²) in [6.45, 7) is 1.98. The van der Waals surface area contributed by atoms with E-state index in [2.05, 4.69) is 10.5 Å². The lowest BCUT2D eigenvalue weighted by Gasteiger charge is -2.13. The number of nitro groups is 1. The smallest absolute Gasteiger partial charge is 0.272 e. The Morgan fingerprint density at radius 2 is 1.97 bits per heavy atom. The van der Waals surface area contributed by atoms with Gasteiger partial charge >= 0.3 is 0 Å². The van der Waals surface area contributed by atoms with Crippen LogP contribution in [0, 0.1) is 17.0 Å². The molecule has 1 aliphatic rings. The van der Waals surface area contributed by atoms with Gasteiger partial charge in [0.2, 0.25) is 0 Å². The van der Waals surface area contributed by atoms with E-state index >= 15 is 0 Å². The van der Waals surface area contributed by atoms with Crippen LogP contribution in [0.5, 0.6) is 0 Å². The van der Waals surface area contributed by atoms with Crippen molar-refractivity contribution in [1.82, 2.24) is 15.0 Å². The molecule has 2 aromatic carbocycles. The normalized spacial score (nSPS) is 13.1. The van der Waals surface area contributed by atoms with Crippen LogP contribution in [0.3, 0.4) is 0 Å². The van der Waals surface area contributed by atoms with Gasteiger partial charge in [-0.25, -0.2) is 10.4 Å². The number of nitro benzene ring substituents is 1. The van der Waals surface area contributed by atoms with Crippen molar-refractivity contribution in [3.63, 3.8) is 0 Å². The lowest BCUT2D eigenvalue weighted by atomic mass is 9.97. The zero-order chi connectivity index (χ0) is 25.9. The Kier molecular flexibility index (Phi) is 7.15. The summed E-state index contributed by atoms with van der Waals surface area (Å²) in [5.74, 6) is -0.460. The van der Waals surface area contributed by atoms with Gasteiger partial charge in [-0.1, -0.05) is 41.6 Å². The van der Waals surface area contributed by atoms with Crippen molar-refractivity contribution in [3.8, 4) is 5.69 Å². The van der Waals surface area contributed by atoms with Crippen LogP contribution in [0.25, 0.3) is 15.9 Å². The van der Waals surface area contributed by atoms with E-state index in [1.54, 1.807) is 34.1 Å². The molecule has 0 radical (unpaired) electrons. The molecule has 1 N–H and O–H groups in total. The van der Waals surface area contributed by atoms with E-state index in [0.717, 1.165) is 48.6 Å². The van der Waals surface area contributed by atoms with Gasteiger partial charge in [-0.2, -0.15) is 5.10 Å². The molecule has 4 aromatic rings. The molecule has 0 saturated carbocycles. The number of amides is 1. The Balaban J connectivity index is 1.42. The SMILES string of the molecule is Cc1ccc(-n2c(SCC(=O)N/N=C/c3ccccc3[N+](=O)[O-])nc3sc4c(c3c2=O)CCCC4)cc1. The van der Waals surface area contributed by atoms with Gasteiger partial charge in [0.15, 0.2) is 5.16 Å². The van der Waals surface area contributed by atoms with Crippen molar-refractivity contribution in [2.45, 2.75) is 37.8 Å². The summed E-state index contributed by atoms with van der Waals surface area (Å²) in [6.07, 6.45) is 5.26. The van der Waals surface area contributed by atoms with Crippen molar-refractivity contribution >= 4 is 51.1 Å². The summed E-state index contributed by atoms with van der Waals surface area (Å²) in [5.41, 5.74) is 5.34. The van der Waals surface area contributed by atoms with Crippen molar-refractivity contribution in [3.05, 3.63) is 90.6 Å². The van der Waals surface area contributed by atoms with Gasteiger partial charge in [-0.3, -0.25) is 24.3 Å². The van der Waals surface area contributed by atoms with Crippen LogP contribution < -0.4 is 11.0 Å². The van der Waals surface area contributed by atoms with E-state index in [0.29, 0.717) is 21.1 Å². The number of benzene rings is 2. The minimum atomic E-state index is -0.506. The first-order valence-corrected chi connectivity index (χ1v) is 13.5. The van der Waals surface area contributed by atoms with Gasteiger partial charge in [0.1, 0.15) is 4.83 Å². The van der Waals surface area contributed by atoms with E-state index in [-0.39, 0.29) is 22.6 Å². The van der Waals surface area contributed by atoms with Crippen molar-refractivity contribution < 1.29 is 9.72 Å². The van der Waals surface area contributed by atoms with Crippen molar-refractivity contribution in [2.24, 2.45) is 5.10 Å². The molecule has 9 nitrogen and oxygen atoms in total. The fraction of sp³-hybridized carbons (Fsp3) is 0.231. The number of rotatable bonds is 7. The number of para-hydroxylation sites is 1. The Morgan fingerprint density at radius 3 is 2.76 bits per heavy atom. The van der Waals surface area contributed by atoms with Gasteiger partial charge in [0, 0.05) is 10.9 Å². The molecule has 0 spiro atoms. The van der Waals surface area contributed by atoms with E-state index < -0.39 is 10.8 Å². The highest BCUT2D eigenvalue weighted by atomic mass is 32.2. The zero-order valence-corrected chi connectivity index (χ0v) is 21.6. The van der Waals surface area contributed by atoms with E-state index in [9.17, 15) is 19.7 Å². The van der Waals surface area contributed by atoms with E-state index in [1.807, 2.05) is 31.2 Å². The van der Waals surface area contributed by atoms with Crippen molar-refractivity contribution in [1.29, 1.82) is 0 Å². The molecule has 188 valence electrons. The van der Waals surface area contributed by atoms with Crippen LogP contribution >= 0.6 is 23.1 Å². The Bertz CT molecular complexity index is 1590. The van der Waals surface area contributed by atoms with Gasteiger partial charge in [0.05, 0.1) is 33.5 Å². The van der Waals surface area contributed by atoms with Gasteiger partial charge < -0.3 is 0 Å². The second kappa shape index (κ2) is 10.7. The average Bonchev–Trinajstić information content (AvgIpc) is 3.27. The molecular weight excluding hydrogens is 510 g/mol. The Labute approximate surface area is 220 Å². The number of fused-ring (bicyclic) bond motifs is 3. The average molecular weight is 534 g/mol. The maximum Gasteiger partial charge on any atom is 0.278 e. The van der Waals surface area contributed by atoms with Crippen LogP contribution in [-0.2, 0) is 17.6 Å². The number of hydrazone groups is 1. The third kappa shape index (κ3) is 5.18. The third-order valence-electron chi connectivity index (χ3n) is 6.11. The molecule has 5 rings (SSSR count). The number of carbonyl (C=O) groups is 1. The van der Waals surface area contributed by atoms with Crippen LogP contribution in [0.1, 0.15) is 34.4 Å². The maximum absolute atomic E-state index is 13.8. The van der Waals surface area contributed by atoms with E-state index in [4.69, 9.17) is 4.98 Å². The first-order valence-electron chi connectivity index (χ1n) is 11.7. The zero-order valence-electron chi connectivity index (χ0n) is 20.0. The topological polar surface area (TPSA) is 119 Å². The number of aryl methyl sites for hydroxylation is 3. The Hall–Kier alpha value is -3.83. The summed E-state index contributed by atoms with van der Waals surface area (Å²) >= 11 is 2.71. The maximum atomic E-state index is 13.8. The molecule has 0 fully saturated rings. The number of thiophene rings is 1. The third-order valence-corrected chi connectivity index (χ3v) is 8.23. The molecule has 0 saturated heterocycles. The lowest BCUT2D eigenvalue weighted by Crippen LogP contribution is -2.24. The van der Waals surface area contributed by atoms with Crippen LogP contribution in [0.15, 0.2) is 63.6 Å². The number of nitrogens with one attached hydrogen (secondary N) is 1. The number of nitrogens with zero attached hydrogens (tertiary/aromatic N) is 4. The molecule has 2 heterocycles. The highest BCUT2D eigenvalue weighted by Crippen LogP contribution is 2.35. The second-order valence-corrected chi connectivity index (χ2v) is 10.7. The summed E-state index contributed by atoms with van der Waals surface area (Å²) in [6, 6.07) is 13.8. The summed E-state index contributed by atoms with van der Waals surface area (Å²) in [4.78, 5) is 43.7. The van der Waals surface area contributed by atoms with Crippen LogP contribution in [-0.4, -0.2) is 32.3 Å². The molecular formula is C26H23N5O4S2. The monoisotopic (exact) mass is 533 g/mol. The molecule has 11 heteroatoms. The largest absolute Gasteiger partial charge is 0.278 e. The highest BCUT2D eigenvalue weighted by molar-refractivity contribution is 7.99. The molecule has 1 amide bonds. The van der Waals surface area contributed by atoms with Gasteiger partial charge in [-0.05, 0) is 56.4 Å². The standard InChI is InChI=1S/C26H23N5O4S2/c1-16-10-12-18(13-11-16)30-25(33)23-19-7-3-5-9-21(19)37-24(23)28-26(30)36-15-22(32)29-27-14-17-6-2-4-8-20(17)31(34)35/h2,4,6,8,10-14H,3,5,7,9,15H2,1H3,(H,29,32)/b27-14+. The predicted molar refractivity (Wildman–Crippen MR) is 146 cm³/mol. The first kappa shape index (κ1) is 24.8. The minimum absolute atomic E-state index is 0.0386. The fourth-order valence-corrected chi connectivity index (χ4v) is 6.41. The number of hydrogen-bond acceptors (Lipinski definition) is 8. The molecule has 0 atom stereocenters. The summed E-state index contributed by atoms with van der Waals surface area (Å²) in [5, 5.41) is 16.1. The highest BCUT2D eigenvalue weighted by Gasteiger charge is 2.23. The molecule has 1 aliphatic carbocycles. The number of aromatic nitrogens is 2. The number of thioether (sulfide) groups is 1. The second-order valence-electron chi connectivity index (χ2n) is 8.66. The first-order chi connectivity index (χ1) is 17.9. The number of hydrogen-bond donors (Lipinski definition) is 1. The summed E-state index contributed by atoms with van der Waals surface area (Å²) < 4.78 is 1.58.